The van der Waals surface area contributed by atoms with Crippen molar-refractivity contribution in [3.63, 3.8) is 0 Å². The summed E-state index contributed by atoms with van der Waals surface area (Å²) in [5.41, 5.74) is 2.09. The minimum atomic E-state index is -3.72. The number of nitrogens with one attached hydrogen (secondary N) is 2. The zero-order chi connectivity index (χ0) is 24.8. The summed E-state index contributed by atoms with van der Waals surface area (Å²) in [6.07, 6.45) is 0.187. The molecule has 0 aliphatic rings. The Bertz CT molecular complexity index is 1450. The average Bonchev–Trinajstić information content (AvgIpc) is 2.85. The largest absolute Gasteiger partial charge is 0.332 e. The zero-order valence-corrected chi connectivity index (χ0v) is 20.8. The Hall–Kier alpha value is -3.75. The van der Waals surface area contributed by atoms with Gasteiger partial charge in [0.25, 0.3) is 10.0 Å². The minimum Gasteiger partial charge on any atom is -0.332 e. The normalized spacial score (nSPS) is 11.1. The van der Waals surface area contributed by atoms with Crippen molar-refractivity contribution in [3.05, 3.63) is 103 Å². The molecule has 0 fully saturated rings. The molecule has 0 saturated carbocycles. The van der Waals surface area contributed by atoms with E-state index in [2.05, 4.69) is 10.6 Å². The maximum Gasteiger partial charge on any atom is 0.264 e. The predicted molar refractivity (Wildman–Crippen MR) is 145 cm³/mol. The molecule has 0 radical (unpaired) electrons. The Morgan fingerprint density at radius 3 is 2.23 bits per heavy atom. The van der Waals surface area contributed by atoms with Gasteiger partial charge in [0.2, 0.25) is 5.91 Å². The second-order valence-corrected chi connectivity index (χ2v) is 10.1. The van der Waals surface area contributed by atoms with Crippen LogP contribution in [0.4, 0.5) is 11.4 Å². The number of carbonyl (C=O) groups excluding carboxylic acids is 1. The highest BCUT2D eigenvalue weighted by molar-refractivity contribution is 7.92. The van der Waals surface area contributed by atoms with Crippen molar-refractivity contribution in [3.8, 4) is 0 Å². The first-order valence-electron chi connectivity index (χ1n) is 11.1. The number of benzene rings is 4. The number of para-hydroxylation sites is 1. The van der Waals surface area contributed by atoms with Gasteiger partial charge in [0.1, 0.15) is 0 Å². The first-order valence-corrected chi connectivity index (χ1v) is 13.0. The number of amides is 1. The third kappa shape index (κ3) is 5.67. The van der Waals surface area contributed by atoms with Gasteiger partial charge in [-0.1, -0.05) is 60.7 Å². The molecule has 178 valence electrons. The summed E-state index contributed by atoms with van der Waals surface area (Å²) < 4.78 is 27.6. The summed E-state index contributed by atoms with van der Waals surface area (Å²) >= 11 is 5.29. The molecule has 0 saturated heterocycles. The third-order valence-corrected chi connectivity index (χ3v) is 7.64. The number of carbonyl (C=O) groups is 1. The van der Waals surface area contributed by atoms with Crippen molar-refractivity contribution in [2.45, 2.75) is 18.2 Å². The van der Waals surface area contributed by atoms with E-state index < -0.39 is 10.0 Å². The fourth-order valence-corrected chi connectivity index (χ4v) is 5.58. The smallest absolute Gasteiger partial charge is 0.264 e. The number of hydrogen-bond donors (Lipinski definition) is 2. The predicted octanol–water partition coefficient (Wildman–Crippen LogP) is 5.11. The fraction of sp³-hybridized carbons (Fsp3) is 0.111. The van der Waals surface area contributed by atoms with E-state index in [1.54, 1.807) is 43.3 Å². The van der Waals surface area contributed by atoms with Gasteiger partial charge in [-0.3, -0.25) is 9.10 Å². The van der Waals surface area contributed by atoms with Gasteiger partial charge < -0.3 is 10.6 Å². The van der Waals surface area contributed by atoms with Gasteiger partial charge in [-0.05, 0) is 71.9 Å². The standard InChI is InChI=1S/C27H25N3O3S2/c1-2-30(23-12-4-3-5-13-23)35(32,33)24-17-15-22(16-18-24)28-27(34)29-26(31)19-21-11-8-10-20-9-6-7-14-25(20)21/h3-18H,2,19H2,1H3,(H2,28,29,31,34). The van der Waals surface area contributed by atoms with Crippen molar-refractivity contribution in [2.75, 3.05) is 16.2 Å². The van der Waals surface area contributed by atoms with Gasteiger partial charge in [0, 0.05) is 12.2 Å². The zero-order valence-electron chi connectivity index (χ0n) is 19.1. The third-order valence-electron chi connectivity index (χ3n) is 5.52. The molecule has 0 spiro atoms. The molecule has 0 heterocycles. The van der Waals surface area contributed by atoms with E-state index in [1.807, 2.05) is 48.5 Å². The molecule has 0 unspecified atom stereocenters. The Labute approximate surface area is 210 Å². The second kappa shape index (κ2) is 10.7. The summed E-state index contributed by atoms with van der Waals surface area (Å²) in [6, 6.07) is 29.0. The number of rotatable bonds is 7. The van der Waals surface area contributed by atoms with Crippen LogP contribution in [-0.2, 0) is 21.2 Å². The molecule has 1 amide bonds. The van der Waals surface area contributed by atoms with E-state index in [0.29, 0.717) is 17.9 Å². The first kappa shape index (κ1) is 24.4. The molecule has 0 bridgehead atoms. The number of fused-ring (bicyclic) bond motifs is 1. The maximum absolute atomic E-state index is 13.1. The van der Waals surface area contributed by atoms with Crippen LogP contribution in [0, 0.1) is 0 Å². The number of sulfonamides is 1. The van der Waals surface area contributed by atoms with E-state index in [4.69, 9.17) is 12.2 Å². The second-order valence-electron chi connectivity index (χ2n) is 7.85. The van der Waals surface area contributed by atoms with Crippen LogP contribution in [0.5, 0.6) is 0 Å². The van der Waals surface area contributed by atoms with E-state index in [9.17, 15) is 13.2 Å². The Morgan fingerprint density at radius 1 is 0.857 bits per heavy atom. The molecule has 4 aromatic rings. The van der Waals surface area contributed by atoms with Crippen molar-refractivity contribution < 1.29 is 13.2 Å². The molecule has 6 nitrogen and oxygen atoms in total. The molecule has 2 N–H and O–H groups in total. The topological polar surface area (TPSA) is 78.5 Å². The Kier molecular flexibility index (Phi) is 7.43. The number of thiocarbonyl (C=S) groups is 1. The quantitative estimate of drug-likeness (QED) is 0.343. The molecule has 35 heavy (non-hydrogen) atoms. The summed E-state index contributed by atoms with van der Waals surface area (Å²) in [4.78, 5) is 12.7. The summed E-state index contributed by atoms with van der Waals surface area (Å²) in [5, 5.41) is 7.87. The van der Waals surface area contributed by atoms with Crippen molar-refractivity contribution in [1.29, 1.82) is 0 Å². The monoisotopic (exact) mass is 503 g/mol. The van der Waals surface area contributed by atoms with Crippen LogP contribution < -0.4 is 14.9 Å². The van der Waals surface area contributed by atoms with Gasteiger partial charge in [0.15, 0.2) is 5.11 Å². The van der Waals surface area contributed by atoms with E-state index in [1.165, 1.54) is 16.4 Å². The lowest BCUT2D eigenvalue weighted by atomic mass is 10.0. The lowest BCUT2D eigenvalue weighted by molar-refractivity contribution is -0.119. The van der Waals surface area contributed by atoms with Crippen LogP contribution >= 0.6 is 12.2 Å². The van der Waals surface area contributed by atoms with E-state index in [0.717, 1.165) is 16.3 Å². The molecule has 4 rings (SSSR count). The highest BCUT2D eigenvalue weighted by atomic mass is 32.2. The molecule has 0 aromatic heterocycles. The highest BCUT2D eigenvalue weighted by Gasteiger charge is 2.23. The van der Waals surface area contributed by atoms with Crippen LogP contribution in [-0.4, -0.2) is 26.0 Å². The molecule has 0 atom stereocenters. The molecular weight excluding hydrogens is 478 g/mol. The van der Waals surface area contributed by atoms with Crippen LogP contribution in [0.15, 0.2) is 102 Å². The number of hydrogen-bond acceptors (Lipinski definition) is 4. The number of nitrogens with zero attached hydrogens (tertiary/aromatic N) is 1. The van der Waals surface area contributed by atoms with Gasteiger partial charge in [-0.2, -0.15) is 0 Å². The SMILES string of the molecule is CCN(c1ccccc1)S(=O)(=O)c1ccc(NC(=S)NC(=O)Cc2cccc3ccccc23)cc1. The highest BCUT2D eigenvalue weighted by Crippen LogP contribution is 2.24. The van der Waals surface area contributed by atoms with Gasteiger partial charge in [-0.25, -0.2) is 8.42 Å². The van der Waals surface area contributed by atoms with Gasteiger partial charge in [0.05, 0.1) is 17.0 Å². The van der Waals surface area contributed by atoms with Crippen molar-refractivity contribution in [1.82, 2.24) is 5.32 Å². The summed E-state index contributed by atoms with van der Waals surface area (Å²) in [6.45, 7) is 2.10. The van der Waals surface area contributed by atoms with Gasteiger partial charge >= 0.3 is 0 Å². The number of anilines is 2. The fourth-order valence-electron chi connectivity index (χ4n) is 3.88. The molecule has 0 aliphatic heterocycles. The first-order chi connectivity index (χ1) is 16.9. The lowest BCUT2D eigenvalue weighted by Gasteiger charge is -2.23. The van der Waals surface area contributed by atoms with Crippen LogP contribution in [0.3, 0.4) is 0 Å². The van der Waals surface area contributed by atoms with Crippen molar-refractivity contribution >= 4 is 55.4 Å². The average molecular weight is 504 g/mol. The maximum atomic E-state index is 13.1. The van der Waals surface area contributed by atoms with E-state index >= 15 is 0 Å². The summed E-state index contributed by atoms with van der Waals surface area (Å²) in [5.74, 6) is -0.237. The van der Waals surface area contributed by atoms with Crippen LogP contribution in [0.2, 0.25) is 0 Å². The van der Waals surface area contributed by atoms with Crippen LogP contribution in [0.1, 0.15) is 12.5 Å². The van der Waals surface area contributed by atoms with E-state index in [-0.39, 0.29) is 22.3 Å². The lowest BCUT2D eigenvalue weighted by Crippen LogP contribution is -2.35. The van der Waals surface area contributed by atoms with Gasteiger partial charge in [-0.15, -0.1) is 0 Å². The molecular formula is C27H25N3O3S2. The summed E-state index contributed by atoms with van der Waals surface area (Å²) in [7, 11) is -3.72. The molecule has 8 heteroatoms. The molecule has 0 aliphatic carbocycles. The minimum absolute atomic E-state index is 0.144. The van der Waals surface area contributed by atoms with Crippen molar-refractivity contribution in [2.24, 2.45) is 0 Å². The van der Waals surface area contributed by atoms with Crippen LogP contribution in [0.25, 0.3) is 10.8 Å². The Morgan fingerprint density at radius 2 is 1.51 bits per heavy atom. The molecule has 4 aromatic carbocycles. The Balaban J connectivity index is 1.40.